The molecule has 0 spiro atoms. The van der Waals surface area contributed by atoms with Gasteiger partial charge in [0.15, 0.2) is 5.78 Å². The minimum atomic E-state index is 0.229. The summed E-state index contributed by atoms with van der Waals surface area (Å²) < 4.78 is 6.09. The number of ketones is 1. The fourth-order valence-electron chi connectivity index (χ4n) is 3.70. The molecule has 1 saturated heterocycles. The second-order valence-corrected chi connectivity index (χ2v) is 7.85. The standard InChI is InChI=1S/C27H27NO2/c1-21-11-13-23(14-12-21)20-30-27-10-6-5-9-24(27)17-25-19-28(16-15-26(25)29)18-22-7-3-2-4-8-22/h2-14,17H,15-16,18-20H2,1H3/b25-17+. The van der Waals surface area contributed by atoms with Crippen LogP contribution in [0.3, 0.4) is 0 Å². The summed E-state index contributed by atoms with van der Waals surface area (Å²) in [5, 5.41) is 0. The van der Waals surface area contributed by atoms with Crippen LogP contribution in [0.25, 0.3) is 6.08 Å². The number of carbonyl (C=O) groups is 1. The van der Waals surface area contributed by atoms with Crippen LogP contribution in [0.5, 0.6) is 5.75 Å². The van der Waals surface area contributed by atoms with E-state index in [1.165, 1.54) is 11.1 Å². The van der Waals surface area contributed by atoms with Crippen LogP contribution in [0.1, 0.15) is 28.7 Å². The number of para-hydroxylation sites is 1. The van der Waals surface area contributed by atoms with E-state index in [-0.39, 0.29) is 5.78 Å². The molecule has 0 aromatic heterocycles. The largest absolute Gasteiger partial charge is 0.488 e. The number of Topliss-reactive ketones (excluding diaryl/α,β-unsaturated/α-hetero) is 1. The Morgan fingerprint density at radius 2 is 1.63 bits per heavy atom. The van der Waals surface area contributed by atoms with E-state index in [2.05, 4.69) is 60.4 Å². The second kappa shape index (κ2) is 9.55. The molecule has 152 valence electrons. The van der Waals surface area contributed by atoms with Gasteiger partial charge in [-0.2, -0.15) is 0 Å². The van der Waals surface area contributed by atoms with E-state index in [1.807, 2.05) is 36.4 Å². The number of nitrogens with zero attached hydrogens (tertiary/aromatic N) is 1. The molecule has 1 fully saturated rings. The molecule has 0 saturated carbocycles. The fraction of sp³-hybridized carbons (Fsp3) is 0.222. The van der Waals surface area contributed by atoms with Gasteiger partial charge in [0.25, 0.3) is 0 Å². The van der Waals surface area contributed by atoms with Gasteiger partial charge in [0.2, 0.25) is 0 Å². The van der Waals surface area contributed by atoms with Crippen molar-refractivity contribution >= 4 is 11.9 Å². The molecular formula is C27H27NO2. The van der Waals surface area contributed by atoms with Gasteiger partial charge in [0.05, 0.1) is 0 Å². The Bertz CT molecular complexity index is 1020. The van der Waals surface area contributed by atoms with Crippen molar-refractivity contribution < 1.29 is 9.53 Å². The summed E-state index contributed by atoms with van der Waals surface area (Å²) in [5.74, 6) is 1.03. The molecule has 0 amide bonds. The SMILES string of the molecule is Cc1ccc(COc2ccccc2/C=C2\CN(Cc3ccccc3)CCC2=O)cc1. The maximum Gasteiger partial charge on any atom is 0.161 e. The molecule has 0 atom stereocenters. The third kappa shape index (κ3) is 5.25. The van der Waals surface area contributed by atoms with E-state index in [0.29, 0.717) is 19.6 Å². The van der Waals surface area contributed by atoms with E-state index in [0.717, 1.165) is 35.5 Å². The number of carbonyl (C=O) groups excluding carboxylic acids is 1. The smallest absolute Gasteiger partial charge is 0.161 e. The number of benzene rings is 3. The minimum absolute atomic E-state index is 0.229. The molecule has 4 rings (SSSR count). The number of likely N-dealkylation sites (tertiary alicyclic amines) is 1. The van der Waals surface area contributed by atoms with Crippen molar-refractivity contribution in [3.05, 3.63) is 107 Å². The van der Waals surface area contributed by atoms with Crippen molar-refractivity contribution in [1.29, 1.82) is 0 Å². The van der Waals surface area contributed by atoms with E-state index in [4.69, 9.17) is 4.74 Å². The van der Waals surface area contributed by atoms with Crippen LogP contribution in [0, 0.1) is 6.92 Å². The monoisotopic (exact) mass is 397 g/mol. The summed E-state index contributed by atoms with van der Waals surface area (Å²) >= 11 is 0. The predicted molar refractivity (Wildman–Crippen MR) is 121 cm³/mol. The molecule has 30 heavy (non-hydrogen) atoms. The van der Waals surface area contributed by atoms with Gasteiger partial charge >= 0.3 is 0 Å². The van der Waals surface area contributed by atoms with Crippen LogP contribution in [0.2, 0.25) is 0 Å². The first-order valence-electron chi connectivity index (χ1n) is 10.4. The first-order valence-corrected chi connectivity index (χ1v) is 10.4. The summed E-state index contributed by atoms with van der Waals surface area (Å²) in [6.45, 7) is 4.91. The van der Waals surface area contributed by atoms with Crippen LogP contribution >= 0.6 is 0 Å². The number of piperidine rings is 1. The quantitative estimate of drug-likeness (QED) is 0.519. The van der Waals surface area contributed by atoms with E-state index >= 15 is 0 Å². The van der Waals surface area contributed by atoms with Crippen molar-refractivity contribution in [1.82, 2.24) is 4.90 Å². The lowest BCUT2D eigenvalue weighted by Crippen LogP contribution is -2.35. The molecule has 3 aromatic rings. The van der Waals surface area contributed by atoms with Crippen LogP contribution in [0.4, 0.5) is 0 Å². The van der Waals surface area contributed by atoms with Crippen molar-refractivity contribution in [3.8, 4) is 5.75 Å². The van der Waals surface area contributed by atoms with Crippen LogP contribution in [-0.2, 0) is 17.9 Å². The van der Waals surface area contributed by atoms with Crippen LogP contribution < -0.4 is 4.74 Å². The maximum absolute atomic E-state index is 12.6. The number of hydrogen-bond acceptors (Lipinski definition) is 3. The molecule has 0 radical (unpaired) electrons. The third-order valence-corrected chi connectivity index (χ3v) is 5.42. The Kier molecular flexibility index (Phi) is 6.41. The van der Waals surface area contributed by atoms with Crippen LogP contribution in [0.15, 0.2) is 84.4 Å². The second-order valence-electron chi connectivity index (χ2n) is 7.85. The average Bonchev–Trinajstić information content (AvgIpc) is 2.77. The van der Waals surface area contributed by atoms with E-state index in [9.17, 15) is 4.79 Å². The Labute approximate surface area is 178 Å². The van der Waals surface area contributed by atoms with E-state index in [1.54, 1.807) is 0 Å². The lowest BCUT2D eigenvalue weighted by molar-refractivity contribution is -0.117. The molecule has 0 bridgehead atoms. The molecule has 1 aliphatic heterocycles. The Morgan fingerprint density at radius 3 is 2.43 bits per heavy atom. The summed E-state index contributed by atoms with van der Waals surface area (Å²) in [6, 6.07) is 26.7. The van der Waals surface area contributed by atoms with Crippen molar-refractivity contribution in [2.24, 2.45) is 0 Å². The van der Waals surface area contributed by atoms with Crippen molar-refractivity contribution in [2.75, 3.05) is 13.1 Å². The first-order chi connectivity index (χ1) is 14.7. The highest BCUT2D eigenvalue weighted by Gasteiger charge is 2.21. The Morgan fingerprint density at radius 1 is 0.900 bits per heavy atom. The lowest BCUT2D eigenvalue weighted by atomic mass is 9.99. The molecular weight excluding hydrogens is 370 g/mol. The number of ether oxygens (including phenoxy) is 1. The molecule has 0 aliphatic carbocycles. The highest BCUT2D eigenvalue weighted by molar-refractivity contribution is 6.01. The Hall–Kier alpha value is -3.17. The molecule has 0 unspecified atom stereocenters. The lowest BCUT2D eigenvalue weighted by Gasteiger charge is -2.28. The molecule has 1 aliphatic rings. The van der Waals surface area contributed by atoms with Gasteiger partial charge < -0.3 is 4.74 Å². The highest BCUT2D eigenvalue weighted by Crippen LogP contribution is 2.25. The topological polar surface area (TPSA) is 29.5 Å². The van der Waals surface area contributed by atoms with Gasteiger partial charge in [0.1, 0.15) is 12.4 Å². The van der Waals surface area contributed by atoms with Gasteiger partial charge in [-0.25, -0.2) is 0 Å². The average molecular weight is 398 g/mol. The summed E-state index contributed by atoms with van der Waals surface area (Å²) in [4.78, 5) is 14.9. The summed E-state index contributed by atoms with van der Waals surface area (Å²) in [6.07, 6.45) is 2.56. The van der Waals surface area contributed by atoms with Gasteiger partial charge in [-0.1, -0.05) is 78.4 Å². The highest BCUT2D eigenvalue weighted by atomic mass is 16.5. The number of rotatable bonds is 6. The van der Waals surface area contributed by atoms with Gasteiger partial charge in [-0.15, -0.1) is 0 Å². The maximum atomic E-state index is 12.6. The van der Waals surface area contributed by atoms with Gasteiger partial charge in [-0.3, -0.25) is 9.69 Å². The zero-order chi connectivity index (χ0) is 20.8. The van der Waals surface area contributed by atoms with E-state index < -0.39 is 0 Å². The third-order valence-electron chi connectivity index (χ3n) is 5.42. The molecule has 0 N–H and O–H groups in total. The molecule has 3 heteroatoms. The van der Waals surface area contributed by atoms with Gasteiger partial charge in [0, 0.05) is 37.2 Å². The molecule has 3 nitrogen and oxygen atoms in total. The van der Waals surface area contributed by atoms with Crippen molar-refractivity contribution in [2.45, 2.75) is 26.5 Å². The summed E-state index contributed by atoms with van der Waals surface area (Å²) in [5.41, 5.74) is 5.44. The predicted octanol–water partition coefficient (Wildman–Crippen LogP) is 5.43. The Balaban J connectivity index is 1.48. The fourth-order valence-corrected chi connectivity index (χ4v) is 3.70. The van der Waals surface area contributed by atoms with Crippen LogP contribution in [-0.4, -0.2) is 23.8 Å². The van der Waals surface area contributed by atoms with Gasteiger partial charge in [-0.05, 0) is 30.2 Å². The first kappa shape index (κ1) is 20.1. The number of aryl methyl sites for hydroxylation is 1. The van der Waals surface area contributed by atoms with Crippen molar-refractivity contribution in [3.63, 3.8) is 0 Å². The zero-order valence-electron chi connectivity index (χ0n) is 17.4. The number of hydrogen-bond donors (Lipinski definition) is 0. The molecule has 3 aromatic carbocycles. The minimum Gasteiger partial charge on any atom is -0.488 e. The summed E-state index contributed by atoms with van der Waals surface area (Å²) in [7, 11) is 0. The zero-order valence-corrected chi connectivity index (χ0v) is 17.4. The normalized spacial score (nSPS) is 16.0. The molecule has 1 heterocycles.